The van der Waals surface area contributed by atoms with Gasteiger partial charge in [-0.1, -0.05) is 24.6 Å². The van der Waals surface area contributed by atoms with Gasteiger partial charge in [-0.25, -0.2) is 9.97 Å². The van der Waals surface area contributed by atoms with Gasteiger partial charge in [0.25, 0.3) is 11.5 Å². The molecule has 4 aromatic rings. The summed E-state index contributed by atoms with van der Waals surface area (Å²) in [6.07, 6.45) is 0.268. The monoisotopic (exact) mass is 712 g/mol. The maximum atomic E-state index is 14.4. The Bertz CT molecular complexity index is 2140. The second kappa shape index (κ2) is 12.5. The van der Waals surface area contributed by atoms with Gasteiger partial charge in [0.05, 0.1) is 35.2 Å². The molecule has 3 aromatic heterocycles. The van der Waals surface area contributed by atoms with Crippen molar-refractivity contribution in [3.8, 4) is 5.75 Å². The summed E-state index contributed by atoms with van der Waals surface area (Å²) in [4.78, 5) is 55.6. The molecule has 0 radical (unpaired) electrons. The zero-order valence-corrected chi connectivity index (χ0v) is 27.8. The molecule has 17 heteroatoms. The van der Waals surface area contributed by atoms with Crippen molar-refractivity contribution in [2.75, 3.05) is 31.6 Å². The van der Waals surface area contributed by atoms with Crippen LogP contribution in [0.15, 0.2) is 35.4 Å². The van der Waals surface area contributed by atoms with Crippen LogP contribution in [0.1, 0.15) is 65.0 Å². The fourth-order valence-electron chi connectivity index (χ4n) is 7.33. The van der Waals surface area contributed by atoms with Crippen molar-refractivity contribution in [3.05, 3.63) is 80.0 Å². The molecule has 50 heavy (non-hydrogen) atoms. The smallest absolute Gasteiger partial charge is 0.416 e. The van der Waals surface area contributed by atoms with Gasteiger partial charge in [-0.15, -0.1) is 5.10 Å². The molecule has 1 unspecified atom stereocenters. The van der Waals surface area contributed by atoms with E-state index >= 15 is 0 Å². The number of aromatic hydroxyl groups is 1. The summed E-state index contributed by atoms with van der Waals surface area (Å²) in [6, 6.07) is 2.67. The second-order valence-electron chi connectivity index (χ2n) is 12.9. The second-order valence-corrected chi connectivity index (χ2v) is 13.3. The number of carbonyl (C=O) groups excluding carboxylic acids is 2. The Morgan fingerprint density at radius 2 is 1.96 bits per heavy atom. The molecule has 7 rings (SSSR count). The zero-order valence-electron chi connectivity index (χ0n) is 27.1. The highest BCUT2D eigenvalue weighted by Crippen LogP contribution is 2.49. The quantitative estimate of drug-likeness (QED) is 0.310. The van der Waals surface area contributed by atoms with E-state index in [0.29, 0.717) is 56.0 Å². The number of ether oxygens (including phenoxy) is 1. The van der Waals surface area contributed by atoms with Crippen LogP contribution in [-0.4, -0.2) is 77.3 Å². The highest BCUT2D eigenvalue weighted by molar-refractivity contribution is 6.33. The van der Waals surface area contributed by atoms with Crippen molar-refractivity contribution in [2.24, 2.45) is 5.92 Å². The summed E-state index contributed by atoms with van der Waals surface area (Å²) in [5.41, 5.74) is 0.106. The Morgan fingerprint density at radius 3 is 2.64 bits per heavy atom. The summed E-state index contributed by atoms with van der Waals surface area (Å²) >= 11 is 6.13. The standard InChI is InChI=1S/C33H32ClF3N8O5/c1-17-13-23-25(32(17)7-9-43(10-8-32)30(49)26-27(47)18(2)38-16-39-26)29(48)45-31(41-28(42-45)19-5-11-50-12-6-19)44(23)15-24(46)40-22-4-3-20(14-21(22)34)33(35,36)37/h3-5,14,16-17,47H,6-13,15H2,1-2H3,(H,40,46). The maximum Gasteiger partial charge on any atom is 0.416 e. The number of aryl methyl sites for hydroxylation is 1. The molecule has 2 N–H and O–H groups in total. The minimum atomic E-state index is -4.60. The lowest BCUT2D eigenvalue weighted by Gasteiger charge is -2.42. The fourth-order valence-corrected chi connectivity index (χ4v) is 7.56. The number of alkyl halides is 3. The minimum absolute atomic E-state index is 0.000287. The third-order valence-electron chi connectivity index (χ3n) is 10.1. The number of anilines is 1. The van der Waals surface area contributed by atoms with Crippen molar-refractivity contribution < 1.29 is 32.6 Å². The van der Waals surface area contributed by atoms with E-state index in [-0.39, 0.29) is 64.7 Å². The van der Waals surface area contributed by atoms with E-state index in [1.54, 1.807) is 16.4 Å². The van der Waals surface area contributed by atoms with E-state index in [0.717, 1.165) is 23.8 Å². The normalized spacial score (nSPS) is 18.7. The lowest BCUT2D eigenvalue weighted by atomic mass is 9.69. The Kier molecular flexibility index (Phi) is 8.41. The number of nitrogens with one attached hydrogen (secondary N) is 1. The molecule has 0 bridgehead atoms. The van der Waals surface area contributed by atoms with Crippen LogP contribution >= 0.6 is 11.6 Å². The van der Waals surface area contributed by atoms with Gasteiger partial charge in [0.15, 0.2) is 17.3 Å². The number of hydrogen-bond acceptors (Lipinski definition) is 9. The molecule has 1 fully saturated rings. The minimum Gasteiger partial charge on any atom is -0.504 e. The van der Waals surface area contributed by atoms with E-state index in [9.17, 15) is 32.7 Å². The largest absolute Gasteiger partial charge is 0.504 e. The summed E-state index contributed by atoms with van der Waals surface area (Å²) < 4.78 is 47.9. The van der Waals surface area contributed by atoms with Crippen molar-refractivity contribution in [2.45, 2.75) is 57.7 Å². The molecular weight excluding hydrogens is 681 g/mol. The summed E-state index contributed by atoms with van der Waals surface area (Å²) in [5.74, 6) is -0.900. The molecule has 0 saturated carbocycles. The number of likely N-dealkylation sites (tertiary alicyclic amines) is 1. The maximum absolute atomic E-state index is 14.4. The first kappa shape index (κ1) is 33.7. The van der Waals surface area contributed by atoms with Gasteiger partial charge in [0, 0.05) is 29.8 Å². The number of aromatic nitrogens is 6. The van der Waals surface area contributed by atoms with Crippen LogP contribution in [0.2, 0.25) is 5.02 Å². The van der Waals surface area contributed by atoms with E-state index < -0.39 is 29.0 Å². The molecule has 1 atom stereocenters. The van der Waals surface area contributed by atoms with Crippen LogP contribution in [0.25, 0.3) is 11.4 Å². The van der Waals surface area contributed by atoms with Crippen LogP contribution in [0, 0.1) is 12.8 Å². The predicted octanol–water partition coefficient (Wildman–Crippen LogP) is 4.18. The van der Waals surface area contributed by atoms with E-state index in [4.69, 9.17) is 21.3 Å². The van der Waals surface area contributed by atoms with Gasteiger partial charge < -0.3 is 24.6 Å². The number of carbonyl (C=O) groups is 2. The number of fused-ring (bicyclic) bond motifs is 3. The lowest BCUT2D eigenvalue weighted by molar-refractivity contribution is -0.137. The molecule has 5 heterocycles. The van der Waals surface area contributed by atoms with Crippen molar-refractivity contribution >= 4 is 40.5 Å². The number of hydrogen-bond donors (Lipinski definition) is 2. The molecular formula is C33H32ClF3N8O5. The van der Waals surface area contributed by atoms with Crippen LogP contribution < -0.4 is 10.9 Å². The molecule has 1 aliphatic carbocycles. The average Bonchev–Trinajstić information content (AvgIpc) is 3.65. The third kappa shape index (κ3) is 5.69. The number of piperidine rings is 1. The molecule has 1 aromatic carbocycles. The summed E-state index contributed by atoms with van der Waals surface area (Å²) in [7, 11) is 0. The first-order chi connectivity index (χ1) is 23.8. The fraction of sp³-hybridized carbons (Fsp3) is 0.424. The Labute approximate surface area is 287 Å². The topological polar surface area (TPSA) is 157 Å². The van der Waals surface area contributed by atoms with Crippen molar-refractivity contribution in [1.82, 2.24) is 34.0 Å². The molecule has 3 aliphatic rings. The van der Waals surface area contributed by atoms with Crippen molar-refractivity contribution in [1.29, 1.82) is 0 Å². The Morgan fingerprint density at radius 1 is 1.20 bits per heavy atom. The molecule has 13 nitrogen and oxygen atoms in total. The highest BCUT2D eigenvalue weighted by Gasteiger charge is 2.51. The van der Waals surface area contributed by atoms with Gasteiger partial charge in [-0.3, -0.25) is 14.4 Å². The average molecular weight is 713 g/mol. The van der Waals surface area contributed by atoms with Crippen LogP contribution in [0.5, 0.6) is 5.75 Å². The van der Waals surface area contributed by atoms with Crippen molar-refractivity contribution in [3.63, 3.8) is 0 Å². The Balaban J connectivity index is 1.26. The number of rotatable bonds is 5. The third-order valence-corrected chi connectivity index (χ3v) is 10.4. The number of amides is 2. The molecule has 2 amide bonds. The lowest BCUT2D eigenvalue weighted by Crippen LogP contribution is -2.49. The Hall–Kier alpha value is -4.83. The first-order valence-electron chi connectivity index (χ1n) is 16.0. The summed E-state index contributed by atoms with van der Waals surface area (Å²) in [5, 5.41) is 17.4. The van der Waals surface area contributed by atoms with E-state index in [2.05, 4.69) is 20.4 Å². The number of nitrogens with zero attached hydrogens (tertiary/aromatic N) is 7. The van der Waals surface area contributed by atoms with E-state index in [1.165, 1.54) is 10.8 Å². The van der Waals surface area contributed by atoms with Crippen LogP contribution in [0.4, 0.5) is 18.9 Å². The van der Waals surface area contributed by atoms with Gasteiger partial charge in [-0.05, 0) is 62.3 Å². The predicted molar refractivity (Wildman–Crippen MR) is 174 cm³/mol. The number of benzene rings is 1. The molecule has 1 saturated heterocycles. The van der Waals surface area contributed by atoms with Gasteiger partial charge in [0.1, 0.15) is 12.9 Å². The highest BCUT2D eigenvalue weighted by atomic mass is 35.5. The zero-order chi connectivity index (χ0) is 35.5. The van der Waals surface area contributed by atoms with Gasteiger partial charge in [-0.2, -0.15) is 22.7 Å². The van der Waals surface area contributed by atoms with Gasteiger partial charge >= 0.3 is 6.18 Å². The van der Waals surface area contributed by atoms with Crippen LogP contribution in [-0.2, 0) is 34.1 Å². The number of halogens is 4. The van der Waals surface area contributed by atoms with E-state index in [1.807, 2.05) is 13.0 Å². The van der Waals surface area contributed by atoms with Crippen LogP contribution in [0.3, 0.4) is 0 Å². The summed E-state index contributed by atoms with van der Waals surface area (Å²) in [6.45, 7) is 4.66. The molecule has 262 valence electrons. The molecule has 1 spiro atoms. The SMILES string of the molecule is Cc1ncnc(C(=O)N2CCC3(CC2)c2c(n(CC(=O)Nc4ccc(C(F)(F)F)cc4Cl)c4nc(C5=CCOCC5)nn4c2=O)CC3C)c1O. The molecule has 2 aliphatic heterocycles. The van der Waals surface area contributed by atoms with Gasteiger partial charge in [0.2, 0.25) is 11.7 Å². The first-order valence-corrected chi connectivity index (χ1v) is 16.4.